The van der Waals surface area contributed by atoms with E-state index in [0.29, 0.717) is 34.8 Å². The largest absolute Gasteiger partial charge is 0.496 e. The number of hydrogen-bond donors (Lipinski definition) is 2. The van der Waals surface area contributed by atoms with Crippen LogP contribution in [0, 0.1) is 0 Å². The molecule has 0 spiro atoms. The van der Waals surface area contributed by atoms with Crippen molar-refractivity contribution in [1.29, 1.82) is 0 Å². The van der Waals surface area contributed by atoms with Crippen molar-refractivity contribution in [3.63, 3.8) is 0 Å². The first-order valence-electron chi connectivity index (χ1n) is 8.65. The second-order valence-corrected chi connectivity index (χ2v) is 6.63. The second-order valence-electron chi connectivity index (χ2n) is 5.69. The minimum atomic E-state index is -4.45. The van der Waals surface area contributed by atoms with Crippen molar-refractivity contribution in [2.24, 2.45) is 4.99 Å². The zero-order valence-corrected chi connectivity index (χ0v) is 17.3. The van der Waals surface area contributed by atoms with Crippen LogP contribution < -0.4 is 24.8 Å². The molecule has 0 aliphatic heterocycles. The quantitative estimate of drug-likeness (QED) is 0.492. The van der Waals surface area contributed by atoms with E-state index in [1.54, 1.807) is 19.2 Å². The van der Waals surface area contributed by atoms with Gasteiger partial charge in [-0.3, -0.25) is 0 Å². The Kier molecular flexibility index (Phi) is 7.94. The fourth-order valence-corrected chi connectivity index (χ4v) is 3.14. The van der Waals surface area contributed by atoms with Crippen molar-refractivity contribution in [2.45, 2.75) is 26.2 Å². The summed E-state index contributed by atoms with van der Waals surface area (Å²) in [4.78, 5) is 8.07. The summed E-state index contributed by atoms with van der Waals surface area (Å²) in [6.07, 6.45) is -4.45. The number of hydrogen-bond acceptors (Lipinski definition) is 6. The van der Waals surface area contributed by atoms with E-state index in [2.05, 4.69) is 20.6 Å². The molecular weight excluding hydrogens is 409 g/mol. The van der Waals surface area contributed by atoms with Gasteiger partial charge in [0.15, 0.2) is 23.2 Å². The molecule has 11 heteroatoms. The lowest BCUT2D eigenvalue weighted by atomic mass is 10.1. The molecule has 0 fully saturated rings. The Labute approximate surface area is 170 Å². The number of alkyl halides is 3. The number of benzene rings is 1. The first-order valence-corrected chi connectivity index (χ1v) is 9.53. The number of methoxy groups -OCH3 is 3. The molecule has 0 saturated carbocycles. The van der Waals surface area contributed by atoms with Crippen LogP contribution in [0.4, 0.5) is 13.2 Å². The van der Waals surface area contributed by atoms with Gasteiger partial charge in [-0.25, -0.2) is 9.98 Å². The number of aromatic nitrogens is 1. The highest BCUT2D eigenvalue weighted by molar-refractivity contribution is 7.09. The Morgan fingerprint density at radius 1 is 1.07 bits per heavy atom. The molecule has 0 aliphatic carbocycles. The molecule has 7 nitrogen and oxygen atoms in total. The third-order valence-electron chi connectivity index (χ3n) is 3.79. The van der Waals surface area contributed by atoms with Crippen LogP contribution in [-0.2, 0) is 19.3 Å². The van der Waals surface area contributed by atoms with Crippen LogP contribution >= 0.6 is 11.3 Å². The lowest BCUT2D eigenvalue weighted by molar-refractivity contribution is -0.140. The van der Waals surface area contributed by atoms with E-state index in [-0.39, 0.29) is 13.1 Å². The molecule has 0 radical (unpaired) electrons. The van der Waals surface area contributed by atoms with Gasteiger partial charge in [0.1, 0.15) is 10.8 Å². The van der Waals surface area contributed by atoms with Gasteiger partial charge in [-0.1, -0.05) is 0 Å². The van der Waals surface area contributed by atoms with E-state index < -0.39 is 11.9 Å². The Bertz CT molecular complexity index is 840. The van der Waals surface area contributed by atoms with Crippen LogP contribution in [0.3, 0.4) is 0 Å². The molecule has 0 aliphatic rings. The zero-order chi connectivity index (χ0) is 21.4. The number of guanidine groups is 1. The van der Waals surface area contributed by atoms with Gasteiger partial charge in [-0.2, -0.15) is 13.2 Å². The van der Waals surface area contributed by atoms with Gasteiger partial charge in [0.2, 0.25) is 0 Å². The SMILES string of the molecule is CCNC(=NCc1cc(OC)c(OC)cc1OC)NCc1nc(C(F)(F)F)cs1. The van der Waals surface area contributed by atoms with Crippen molar-refractivity contribution in [3.05, 3.63) is 33.8 Å². The third kappa shape index (κ3) is 6.14. The number of aliphatic imine (C=N–C) groups is 1. The number of rotatable bonds is 8. The summed E-state index contributed by atoms with van der Waals surface area (Å²) in [7, 11) is 4.61. The molecular formula is C18H23F3N4O3S. The van der Waals surface area contributed by atoms with Crippen molar-refractivity contribution in [1.82, 2.24) is 15.6 Å². The number of thiazole rings is 1. The summed E-state index contributed by atoms with van der Waals surface area (Å²) < 4.78 is 54.0. The molecule has 0 bridgehead atoms. The topological polar surface area (TPSA) is 77.0 Å². The average Bonchev–Trinajstić information content (AvgIpc) is 3.19. The van der Waals surface area contributed by atoms with Crippen LogP contribution in [0.5, 0.6) is 17.2 Å². The monoisotopic (exact) mass is 432 g/mol. The van der Waals surface area contributed by atoms with Gasteiger partial charge < -0.3 is 24.8 Å². The van der Waals surface area contributed by atoms with Gasteiger partial charge in [-0.05, 0) is 13.0 Å². The van der Waals surface area contributed by atoms with Crippen LogP contribution in [0.2, 0.25) is 0 Å². The van der Waals surface area contributed by atoms with E-state index in [9.17, 15) is 13.2 Å². The van der Waals surface area contributed by atoms with Crippen molar-refractivity contribution in [3.8, 4) is 17.2 Å². The second kappa shape index (κ2) is 10.2. The summed E-state index contributed by atoms with van der Waals surface area (Å²) in [5.74, 6) is 2.09. The highest BCUT2D eigenvalue weighted by atomic mass is 32.1. The molecule has 2 aromatic rings. The number of nitrogens with zero attached hydrogens (tertiary/aromatic N) is 2. The van der Waals surface area contributed by atoms with Crippen molar-refractivity contribution in [2.75, 3.05) is 27.9 Å². The minimum Gasteiger partial charge on any atom is -0.496 e. The lowest BCUT2D eigenvalue weighted by Gasteiger charge is -2.14. The van der Waals surface area contributed by atoms with Crippen LogP contribution in [0.25, 0.3) is 0 Å². The molecule has 1 aromatic carbocycles. The fraction of sp³-hybridized carbons (Fsp3) is 0.444. The molecule has 0 amide bonds. The van der Waals surface area contributed by atoms with Crippen LogP contribution in [0.1, 0.15) is 23.2 Å². The first kappa shape index (κ1) is 22.6. The summed E-state index contributed by atoms with van der Waals surface area (Å²) in [6.45, 7) is 2.85. The lowest BCUT2D eigenvalue weighted by Crippen LogP contribution is -2.36. The molecule has 0 saturated heterocycles. The van der Waals surface area contributed by atoms with Gasteiger partial charge >= 0.3 is 6.18 Å². The normalized spacial score (nSPS) is 11.9. The summed E-state index contributed by atoms with van der Waals surface area (Å²) in [6, 6.07) is 3.47. The smallest absolute Gasteiger partial charge is 0.434 e. The fourth-order valence-electron chi connectivity index (χ4n) is 2.40. The van der Waals surface area contributed by atoms with Gasteiger partial charge in [0, 0.05) is 23.6 Å². The molecule has 2 rings (SSSR count). The first-order chi connectivity index (χ1) is 13.8. The zero-order valence-electron chi connectivity index (χ0n) is 16.5. The highest BCUT2D eigenvalue weighted by Gasteiger charge is 2.33. The standard InChI is InChI=1S/C18H23F3N4O3S/c1-5-22-17(24-9-16-25-15(10-29-16)18(19,20)21)23-8-11-6-13(27-3)14(28-4)7-12(11)26-2/h6-7,10H,5,8-9H2,1-4H3,(H2,22,23,24). The highest BCUT2D eigenvalue weighted by Crippen LogP contribution is 2.35. The molecule has 1 heterocycles. The Hall–Kier alpha value is -2.69. The Morgan fingerprint density at radius 3 is 2.28 bits per heavy atom. The Balaban J connectivity index is 2.13. The summed E-state index contributed by atoms with van der Waals surface area (Å²) in [5.41, 5.74) is -0.132. The van der Waals surface area contributed by atoms with E-state index >= 15 is 0 Å². The van der Waals surface area contributed by atoms with Crippen molar-refractivity contribution >= 4 is 17.3 Å². The Morgan fingerprint density at radius 2 is 1.72 bits per heavy atom. The predicted molar refractivity (Wildman–Crippen MR) is 105 cm³/mol. The van der Waals surface area contributed by atoms with Gasteiger partial charge in [0.25, 0.3) is 0 Å². The molecule has 0 atom stereocenters. The number of nitrogens with one attached hydrogen (secondary N) is 2. The molecule has 1 aromatic heterocycles. The van der Waals surface area contributed by atoms with E-state index in [4.69, 9.17) is 14.2 Å². The molecule has 0 unspecified atom stereocenters. The van der Waals surface area contributed by atoms with E-state index in [0.717, 1.165) is 22.3 Å². The van der Waals surface area contributed by atoms with Crippen molar-refractivity contribution < 1.29 is 27.4 Å². The maximum atomic E-state index is 12.7. The minimum absolute atomic E-state index is 0.121. The van der Waals surface area contributed by atoms with Gasteiger partial charge in [-0.15, -0.1) is 11.3 Å². The molecule has 160 valence electrons. The maximum absolute atomic E-state index is 12.7. The maximum Gasteiger partial charge on any atom is 0.434 e. The number of ether oxygens (including phenoxy) is 3. The van der Waals surface area contributed by atoms with Crippen LogP contribution in [-0.4, -0.2) is 38.8 Å². The summed E-state index contributed by atoms with van der Waals surface area (Å²) >= 11 is 0.939. The molecule has 29 heavy (non-hydrogen) atoms. The average molecular weight is 432 g/mol. The molecule has 2 N–H and O–H groups in total. The number of halogens is 3. The summed E-state index contributed by atoms with van der Waals surface area (Å²) in [5, 5.41) is 7.34. The van der Waals surface area contributed by atoms with E-state index in [1.807, 2.05) is 6.92 Å². The predicted octanol–water partition coefficient (Wildman–Crippen LogP) is 3.44. The third-order valence-corrected chi connectivity index (χ3v) is 4.64. The van der Waals surface area contributed by atoms with Gasteiger partial charge in [0.05, 0.1) is 34.4 Å². The van der Waals surface area contributed by atoms with Crippen LogP contribution in [0.15, 0.2) is 22.5 Å². The van der Waals surface area contributed by atoms with E-state index in [1.165, 1.54) is 14.2 Å².